The molecule has 0 fully saturated rings. The molecule has 4 nitrogen and oxygen atoms in total. The molecular weight excluding hydrogens is 296 g/mol. The van der Waals surface area contributed by atoms with E-state index in [-0.39, 0.29) is 28.8 Å². The Morgan fingerprint density at radius 2 is 2.16 bits per heavy atom. The zero-order valence-electron chi connectivity index (χ0n) is 10.3. The molecule has 0 aliphatic heterocycles. The molecule has 0 spiro atoms. The number of hydrogen-bond acceptors (Lipinski definition) is 3. The highest BCUT2D eigenvalue weighted by atomic mass is 35.5. The molecule has 1 atom stereocenters. The van der Waals surface area contributed by atoms with Gasteiger partial charge < -0.3 is 15.2 Å². The SMILES string of the molecule is COCC(O)CCNC(=O)c1cc(F)c(Cl)cc1Cl. The Kier molecular flexibility index (Phi) is 6.51. The lowest BCUT2D eigenvalue weighted by Gasteiger charge is -2.11. The molecule has 1 unspecified atom stereocenters. The van der Waals surface area contributed by atoms with Crippen molar-refractivity contribution >= 4 is 29.1 Å². The van der Waals surface area contributed by atoms with E-state index < -0.39 is 17.8 Å². The maximum absolute atomic E-state index is 13.2. The fourth-order valence-corrected chi connectivity index (χ4v) is 1.89. The fourth-order valence-electron chi connectivity index (χ4n) is 1.42. The highest BCUT2D eigenvalue weighted by Gasteiger charge is 2.14. The van der Waals surface area contributed by atoms with Gasteiger partial charge in [-0.05, 0) is 18.6 Å². The maximum atomic E-state index is 13.2. The van der Waals surface area contributed by atoms with E-state index in [1.165, 1.54) is 13.2 Å². The molecule has 0 aromatic heterocycles. The van der Waals surface area contributed by atoms with Crippen molar-refractivity contribution in [3.63, 3.8) is 0 Å². The first-order valence-electron chi connectivity index (χ1n) is 5.55. The van der Waals surface area contributed by atoms with E-state index in [1.807, 2.05) is 0 Å². The summed E-state index contributed by atoms with van der Waals surface area (Å²) in [6.07, 6.45) is -0.337. The molecule has 1 amide bonds. The summed E-state index contributed by atoms with van der Waals surface area (Å²) in [6.45, 7) is 0.413. The van der Waals surface area contributed by atoms with Crippen molar-refractivity contribution in [2.75, 3.05) is 20.3 Å². The number of aliphatic hydroxyl groups excluding tert-OH is 1. The van der Waals surface area contributed by atoms with E-state index in [0.29, 0.717) is 6.42 Å². The zero-order chi connectivity index (χ0) is 14.4. The normalized spacial score (nSPS) is 12.3. The molecule has 0 heterocycles. The molecule has 0 aliphatic rings. The second kappa shape index (κ2) is 7.65. The number of halogens is 3. The second-order valence-corrected chi connectivity index (χ2v) is 4.71. The number of hydrogen-bond donors (Lipinski definition) is 2. The first-order valence-corrected chi connectivity index (χ1v) is 6.31. The Morgan fingerprint density at radius 3 is 2.79 bits per heavy atom. The smallest absolute Gasteiger partial charge is 0.252 e. The third-order valence-corrected chi connectivity index (χ3v) is 2.98. The molecule has 0 saturated heterocycles. The van der Waals surface area contributed by atoms with Gasteiger partial charge in [-0.25, -0.2) is 4.39 Å². The molecular formula is C12H14Cl2FNO3. The fraction of sp³-hybridized carbons (Fsp3) is 0.417. The largest absolute Gasteiger partial charge is 0.391 e. The van der Waals surface area contributed by atoms with E-state index in [9.17, 15) is 14.3 Å². The van der Waals surface area contributed by atoms with Gasteiger partial charge in [0.25, 0.3) is 5.91 Å². The summed E-state index contributed by atoms with van der Waals surface area (Å²) in [7, 11) is 1.47. The monoisotopic (exact) mass is 309 g/mol. The Bertz CT molecular complexity index is 457. The van der Waals surface area contributed by atoms with Gasteiger partial charge in [0.1, 0.15) is 5.82 Å². The van der Waals surface area contributed by atoms with Crippen LogP contribution in [0.15, 0.2) is 12.1 Å². The number of aliphatic hydroxyl groups is 1. The minimum absolute atomic E-state index is 0.00444. The van der Waals surface area contributed by atoms with Crippen LogP contribution in [0, 0.1) is 5.82 Å². The number of carbonyl (C=O) groups is 1. The predicted molar refractivity (Wildman–Crippen MR) is 71.3 cm³/mol. The molecule has 1 rings (SSSR count). The summed E-state index contributed by atoms with van der Waals surface area (Å²) in [5.41, 5.74) is 0.00444. The number of amides is 1. The Labute approximate surface area is 120 Å². The Balaban J connectivity index is 2.57. The summed E-state index contributed by atoms with van der Waals surface area (Å²) in [5, 5.41) is 11.8. The van der Waals surface area contributed by atoms with Gasteiger partial charge in [-0.1, -0.05) is 23.2 Å². The third kappa shape index (κ3) is 4.95. The van der Waals surface area contributed by atoms with E-state index in [2.05, 4.69) is 5.32 Å². The third-order valence-electron chi connectivity index (χ3n) is 2.38. The van der Waals surface area contributed by atoms with E-state index >= 15 is 0 Å². The van der Waals surface area contributed by atoms with Gasteiger partial charge in [0.2, 0.25) is 0 Å². The van der Waals surface area contributed by atoms with E-state index in [4.69, 9.17) is 27.9 Å². The van der Waals surface area contributed by atoms with Crippen molar-refractivity contribution in [2.24, 2.45) is 0 Å². The number of methoxy groups -OCH3 is 1. The van der Waals surface area contributed by atoms with Crippen LogP contribution < -0.4 is 5.32 Å². The van der Waals surface area contributed by atoms with Crippen molar-refractivity contribution in [3.05, 3.63) is 33.6 Å². The lowest BCUT2D eigenvalue weighted by molar-refractivity contribution is 0.0587. The minimum atomic E-state index is -0.712. The Hall–Kier alpha value is -0.880. The molecule has 0 aliphatic carbocycles. The van der Waals surface area contributed by atoms with Crippen LogP contribution in [-0.4, -0.2) is 37.4 Å². The van der Waals surface area contributed by atoms with Gasteiger partial charge in [-0.2, -0.15) is 0 Å². The van der Waals surface area contributed by atoms with Crippen molar-refractivity contribution in [1.29, 1.82) is 0 Å². The van der Waals surface area contributed by atoms with Crippen molar-refractivity contribution in [2.45, 2.75) is 12.5 Å². The van der Waals surface area contributed by atoms with Crippen LogP contribution in [0.5, 0.6) is 0 Å². The van der Waals surface area contributed by atoms with E-state index in [1.54, 1.807) is 0 Å². The minimum Gasteiger partial charge on any atom is -0.391 e. The standard InChI is InChI=1S/C12H14Cl2FNO3/c1-19-6-7(17)2-3-16-12(18)8-4-11(15)10(14)5-9(8)13/h4-5,7,17H,2-3,6H2,1H3,(H,16,18). The first-order chi connectivity index (χ1) is 8.95. The highest BCUT2D eigenvalue weighted by molar-refractivity contribution is 6.36. The molecule has 1 aromatic rings. The van der Waals surface area contributed by atoms with Gasteiger partial charge in [0.05, 0.1) is 28.3 Å². The molecule has 7 heteroatoms. The first kappa shape index (κ1) is 16.2. The summed E-state index contributed by atoms with van der Waals surface area (Å²) in [6, 6.07) is 2.15. The molecule has 106 valence electrons. The van der Waals surface area contributed by atoms with E-state index in [0.717, 1.165) is 6.07 Å². The van der Waals surface area contributed by atoms with Gasteiger partial charge in [0, 0.05) is 13.7 Å². The van der Waals surface area contributed by atoms with Crippen LogP contribution >= 0.6 is 23.2 Å². The van der Waals surface area contributed by atoms with Crippen LogP contribution in [0.2, 0.25) is 10.0 Å². The maximum Gasteiger partial charge on any atom is 0.252 e. The van der Waals surface area contributed by atoms with Crippen LogP contribution in [0.3, 0.4) is 0 Å². The number of nitrogens with one attached hydrogen (secondary N) is 1. The molecule has 0 saturated carbocycles. The number of benzene rings is 1. The summed E-state index contributed by atoms with van der Waals surface area (Å²) in [5.74, 6) is -1.24. The molecule has 19 heavy (non-hydrogen) atoms. The summed E-state index contributed by atoms with van der Waals surface area (Å²) < 4.78 is 18.0. The molecule has 0 bridgehead atoms. The number of carbonyl (C=O) groups excluding carboxylic acids is 1. The molecule has 2 N–H and O–H groups in total. The van der Waals surface area contributed by atoms with Crippen LogP contribution in [0.1, 0.15) is 16.8 Å². The van der Waals surface area contributed by atoms with Gasteiger partial charge in [-0.15, -0.1) is 0 Å². The van der Waals surface area contributed by atoms with Gasteiger partial charge in [0.15, 0.2) is 0 Å². The van der Waals surface area contributed by atoms with Crippen molar-refractivity contribution in [1.82, 2.24) is 5.32 Å². The average Bonchev–Trinajstić information content (AvgIpc) is 2.34. The topological polar surface area (TPSA) is 58.6 Å². The lowest BCUT2D eigenvalue weighted by Crippen LogP contribution is -2.28. The molecule has 0 radical (unpaired) electrons. The van der Waals surface area contributed by atoms with Gasteiger partial charge >= 0.3 is 0 Å². The number of rotatable bonds is 6. The average molecular weight is 310 g/mol. The van der Waals surface area contributed by atoms with Crippen LogP contribution in [0.4, 0.5) is 4.39 Å². The summed E-state index contributed by atoms with van der Waals surface area (Å²) in [4.78, 5) is 11.8. The highest BCUT2D eigenvalue weighted by Crippen LogP contribution is 2.24. The van der Waals surface area contributed by atoms with Crippen LogP contribution in [0.25, 0.3) is 0 Å². The zero-order valence-corrected chi connectivity index (χ0v) is 11.8. The lowest BCUT2D eigenvalue weighted by atomic mass is 10.2. The predicted octanol–water partition coefficient (Wildman–Crippen LogP) is 2.26. The van der Waals surface area contributed by atoms with Crippen LogP contribution in [-0.2, 0) is 4.74 Å². The quantitative estimate of drug-likeness (QED) is 0.793. The van der Waals surface area contributed by atoms with Crippen molar-refractivity contribution in [3.8, 4) is 0 Å². The number of ether oxygens (including phenoxy) is 1. The summed E-state index contributed by atoms with van der Waals surface area (Å²) >= 11 is 11.3. The Morgan fingerprint density at radius 1 is 1.47 bits per heavy atom. The second-order valence-electron chi connectivity index (χ2n) is 3.90. The molecule has 1 aromatic carbocycles. The van der Waals surface area contributed by atoms with Crippen molar-refractivity contribution < 1.29 is 19.0 Å². The van der Waals surface area contributed by atoms with Gasteiger partial charge in [-0.3, -0.25) is 4.79 Å².